The molecule has 1 aromatic carbocycles. The van der Waals surface area contributed by atoms with Crippen LogP contribution in [0.3, 0.4) is 0 Å². The van der Waals surface area contributed by atoms with Gasteiger partial charge >= 0.3 is 0 Å². The summed E-state index contributed by atoms with van der Waals surface area (Å²) < 4.78 is 7.57. The third-order valence-corrected chi connectivity index (χ3v) is 5.89. The summed E-state index contributed by atoms with van der Waals surface area (Å²) in [4.78, 5) is 6.73. The van der Waals surface area contributed by atoms with Crippen LogP contribution < -0.4 is 5.32 Å². The number of hydrogen-bond donors (Lipinski definition) is 1. The Morgan fingerprint density at radius 1 is 1.28 bits per heavy atom. The van der Waals surface area contributed by atoms with E-state index in [1.807, 2.05) is 18.8 Å². The van der Waals surface area contributed by atoms with Crippen molar-refractivity contribution in [1.29, 1.82) is 0 Å². The summed E-state index contributed by atoms with van der Waals surface area (Å²) in [5.41, 5.74) is 3.85. The molecule has 29 heavy (non-hydrogen) atoms. The fourth-order valence-corrected chi connectivity index (χ4v) is 4.25. The van der Waals surface area contributed by atoms with Crippen LogP contribution in [-0.4, -0.2) is 54.5 Å². The summed E-state index contributed by atoms with van der Waals surface area (Å²) in [6.45, 7) is 7.61. The molecule has 2 heterocycles. The van der Waals surface area contributed by atoms with Gasteiger partial charge in [0.05, 0.1) is 5.69 Å². The molecular weight excluding hydrogens is 362 g/mol. The summed E-state index contributed by atoms with van der Waals surface area (Å²) in [5.74, 6) is 1.31. The zero-order chi connectivity index (χ0) is 20.9. The van der Waals surface area contributed by atoms with Crippen LogP contribution in [0, 0.1) is 0 Å². The van der Waals surface area contributed by atoms with E-state index in [9.17, 15) is 0 Å². The molecular formula is C23H35N5O. The normalized spacial score (nSPS) is 16.8. The molecule has 1 fully saturated rings. The van der Waals surface area contributed by atoms with Gasteiger partial charge in [0.25, 0.3) is 0 Å². The van der Waals surface area contributed by atoms with Crippen molar-refractivity contribution in [2.45, 2.75) is 44.6 Å². The van der Waals surface area contributed by atoms with Gasteiger partial charge in [0.15, 0.2) is 5.96 Å². The van der Waals surface area contributed by atoms with E-state index in [-0.39, 0.29) is 5.41 Å². The quantitative estimate of drug-likeness (QED) is 0.600. The molecule has 1 N–H and O–H groups in total. The highest BCUT2D eigenvalue weighted by Crippen LogP contribution is 2.34. The van der Waals surface area contributed by atoms with E-state index in [1.165, 1.54) is 11.1 Å². The minimum atomic E-state index is 0.0771. The number of nitrogens with zero attached hydrogens (tertiary/aromatic N) is 4. The molecule has 0 unspecified atom stereocenters. The summed E-state index contributed by atoms with van der Waals surface area (Å²) in [6.07, 6.45) is 4.15. The molecule has 3 rings (SSSR count). The second-order valence-electron chi connectivity index (χ2n) is 8.38. The lowest BCUT2D eigenvalue weighted by atomic mass is 9.74. The van der Waals surface area contributed by atoms with Gasteiger partial charge in [-0.2, -0.15) is 5.10 Å². The van der Waals surface area contributed by atoms with Gasteiger partial charge in [-0.1, -0.05) is 44.2 Å². The number of ether oxygens (including phenoxy) is 1. The van der Waals surface area contributed by atoms with Crippen molar-refractivity contribution in [2.75, 3.05) is 33.9 Å². The van der Waals surface area contributed by atoms with Gasteiger partial charge < -0.3 is 15.0 Å². The van der Waals surface area contributed by atoms with Gasteiger partial charge in [0.1, 0.15) is 0 Å². The Balaban J connectivity index is 1.72. The average molecular weight is 398 g/mol. The monoisotopic (exact) mass is 397 g/mol. The van der Waals surface area contributed by atoms with Gasteiger partial charge in [-0.3, -0.25) is 9.67 Å². The van der Waals surface area contributed by atoms with Crippen LogP contribution in [0.4, 0.5) is 0 Å². The third kappa shape index (κ3) is 4.99. The zero-order valence-corrected chi connectivity index (χ0v) is 18.5. The SMILES string of the molecule is CN=C(NCC1(c2ccccc2)CCOCC1)N(C)Cc1cn(C)nc1C(C)C. The first-order chi connectivity index (χ1) is 13.9. The molecule has 1 aliphatic heterocycles. The largest absolute Gasteiger partial charge is 0.381 e. The number of aryl methyl sites for hydroxylation is 1. The zero-order valence-electron chi connectivity index (χ0n) is 18.5. The van der Waals surface area contributed by atoms with Crippen LogP contribution in [0.1, 0.15) is 49.4 Å². The van der Waals surface area contributed by atoms with Crippen molar-refractivity contribution in [3.8, 4) is 0 Å². The van der Waals surface area contributed by atoms with Crippen molar-refractivity contribution in [3.63, 3.8) is 0 Å². The highest BCUT2D eigenvalue weighted by molar-refractivity contribution is 5.79. The molecule has 6 nitrogen and oxygen atoms in total. The van der Waals surface area contributed by atoms with Gasteiger partial charge in [-0.05, 0) is 24.3 Å². The Bertz CT molecular complexity index is 806. The van der Waals surface area contributed by atoms with E-state index in [2.05, 4.69) is 77.7 Å². The van der Waals surface area contributed by atoms with Crippen molar-refractivity contribution in [1.82, 2.24) is 20.0 Å². The number of nitrogens with one attached hydrogen (secondary N) is 1. The summed E-state index contributed by atoms with van der Waals surface area (Å²) in [6, 6.07) is 10.8. The maximum Gasteiger partial charge on any atom is 0.193 e. The molecule has 0 aliphatic carbocycles. The average Bonchev–Trinajstić information content (AvgIpc) is 3.10. The Morgan fingerprint density at radius 2 is 1.97 bits per heavy atom. The molecule has 0 atom stereocenters. The van der Waals surface area contributed by atoms with Crippen molar-refractivity contribution >= 4 is 5.96 Å². The predicted octanol–water partition coefficient (Wildman–Crippen LogP) is 3.30. The molecule has 0 radical (unpaired) electrons. The van der Waals surface area contributed by atoms with Crippen molar-refractivity contribution in [3.05, 3.63) is 53.3 Å². The minimum absolute atomic E-state index is 0.0771. The Labute approximate surface area is 175 Å². The molecule has 1 aromatic heterocycles. The summed E-state index contributed by atoms with van der Waals surface area (Å²) in [7, 11) is 5.92. The molecule has 0 saturated carbocycles. The first-order valence-electron chi connectivity index (χ1n) is 10.5. The number of aliphatic imine (C=N–C) groups is 1. The summed E-state index contributed by atoms with van der Waals surface area (Å²) in [5, 5.41) is 8.28. The Kier molecular flexibility index (Phi) is 6.96. The number of aromatic nitrogens is 2. The topological polar surface area (TPSA) is 54.7 Å². The maximum absolute atomic E-state index is 5.67. The van der Waals surface area contributed by atoms with E-state index in [4.69, 9.17) is 4.74 Å². The highest BCUT2D eigenvalue weighted by atomic mass is 16.5. The number of benzene rings is 1. The fourth-order valence-electron chi connectivity index (χ4n) is 4.25. The minimum Gasteiger partial charge on any atom is -0.381 e. The van der Waals surface area contributed by atoms with Crippen molar-refractivity contribution < 1.29 is 4.74 Å². The van der Waals surface area contributed by atoms with Crippen LogP contribution in [0.15, 0.2) is 41.5 Å². The highest BCUT2D eigenvalue weighted by Gasteiger charge is 2.34. The molecule has 0 spiro atoms. The summed E-state index contributed by atoms with van der Waals surface area (Å²) >= 11 is 0. The van der Waals surface area contributed by atoms with Gasteiger partial charge in [-0.15, -0.1) is 0 Å². The van der Waals surface area contributed by atoms with Crippen LogP contribution in [-0.2, 0) is 23.7 Å². The molecule has 1 saturated heterocycles. The van der Waals surface area contributed by atoms with E-state index in [0.717, 1.165) is 50.8 Å². The standard InChI is InChI=1S/C23H35N5O/c1-18(2)21-19(16-28(5)26-21)15-27(4)22(24-3)25-17-23(11-13-29-14-12-23)20-9-7-6-8-10-20/h6-10,16,18H,11-15,17H2,1-5H3,(H,24,25). The first-order valence-corrected chi connectivity index (χ1v) is 10.5. The van der Waals surface area contributed by atoms with Crippen LogP contribution in [0.2, 0.25) is 0 Å². The molecule has 0 amide bonds. The van der Waals surface area contributed by atoms with Crippen LogP contribution in [0.25, 0.3) is 0 Å². The number of guanidine groups is 1. The van der Waals surface area contributed by atoms with E-state index in [1.54, 1.807) is 0 Å². The van der Waals surface area contributed by atoms with Gasteiger partial charge in [-0.25, -0.2) is 0 Å². The van der Waals surface area contributed by atoms with Crippen LogP contribution in [0.5, 0.6) is 0 Å². The second-order valence-corrected chi connectivity index (χ2v) is 8.38. The predicted molar refractivity (Wildman–Crippen MR) is 118 cm³/mol. The molecule has 2 aromatic rings. The molecule has 6 heteroatoms. The number of rotatable bonds is 6. The third-order valence-electron chi connectivity index (χ3n) is 5.89. The lowest BCUT2D eigenvalue weighted by Gasteiger charge is -2.39. The van der Waals surface area contributed by atoms with Crippen molar-refractivity contribution in [2.24, 2.45) is 12.0 Å². The van der Waals surface area contributed by atoms with E-state index in [0.29, 0.717) is 5.92 Å². The lowest BCUT2D eigenvalue weighted by molar-refractivity contribution is 0.0512. The second kappa shape index (κ2) is 9.44. The maximum atomic E-state index is 5.67. The molecule has 158 valence electrons. The van der Waals surface area contributed by atoms with Crippen LogP contribution >= 0.6 is 0 Å². The fraction of sp³-hybridized carbons (Fsp3) is 0.565. The van der Waals surface area contributed by atoms with E-state index < -0.39 is 0 Å². The van der Waals surface area contributed by atoms with Gasteiger partial charge in [0.2, 0.25) is 0 Å². The molecule has 1 aliphatic rings. The number of hydrogen-bond acceptors (Lipinski definition) is 3. The first kappa shape index (κ1) is 21.4. The molecule has 0 bridgehead atoms. The smallest absolute Gasteiger partial charge is 0.193 e. The van der Waals surface area contributed by atoms with E-state index >= 15 is 0 Å². The Hall–Kier alpha value is -2.34. The van der Waals surface area contributed by atoms with Gasteiger partial charge in [0, 0.05) is 64.6 Å². The Morgan fingerprint density at radius 3 is 2.59 bits per heavy atom. The lowest BCUT2D eigenvalue weighted by Crippen LogP contribution is -2.48.